The molecular formula is C19H21N3OS. The van der Waals surface area contributed by atoms with Crippen molar-refractivity contribution in [3.63, 3.8) is 0 Å². The Morgan fingerprint density at radius 3 is 2.88 bits per heavy atom. The van der Waals surface area contributed by atoms with Gasteiger partial charge in [0.15, 0.2) is 0 Å². The van der Waals surface area contributed by atoms with Crippen molar-refractivity contribution in [1.29, 1.82) is 0 Å². The van der Waals surface area contributed by atoms with Gasteiger partial charge in [0, 0.05) is 55.3 Å². The molecule has 24 heavy (non-hydrogen) atoms. The van der Waals surface area contributed by atoms with Gasteiger partial charge < -0.3 is 9.30 Å². The largest absolute Gasteiger partial charge is 0.370 e. The van der Waals surface area contributed by atoms with Gasteiger partial charge in [-0.2, -0.15) is 0 Å². The van der Waals surface area contributed by atoms with Crippen LogP contribution in [0, 0.1) is 0 Å². The van der Waals surface area contributed by atoms with Crippen molar-refractivity contribution >= 4 is 11.3 Å². The first-order valence-electron chi connectivity index (χ1n) is 8.26. The second-order valence-electron chi connectivity index (χ2n) is 6.19. The number of fused-ring (bicyclic) bond motifs is 1. The zero-order valence-electron chi connectivity index (χ0n) is 13.5. The third-order valence-electron chi connectivity index (χ3n) is 4.37. The van der Waals surface area contributed by atoms with E-state index in [9.17, 15) is 0 Å². The molecule has 124 valence electrons. The summed E-state index contributed by atoms with van der Waals surface area (Å²) in [7, 11) is 0. The summed E-state index contributed by atoms with van der Waals surface area (Å²) in [5.41, 5.74) is 2.54. The summed E-state index contributed by atoms with van der Waals surface area (Å²) in [5.74, 6) is 0. The number of aromatic nitrogens is 2. The highest BCUT2D eigenvalue weighted by molar-refractivity contribution is 7.09. The Morgan fingerprint density at radius 2 is 2.04 bits per heavy atom. The maximum Gasteiger partial charge on any atom is 0.0885 e. The highest BCUT2D eigenvalue weighted by atomic mass is 32.1. The maximum absolute atomic E-state index is 6.24. The van der Waals surface area contributed by atoms with Gasteiger partial charge in [-0.15, -0.1) is 11.3 Å². The normalized spacial score (nSPS) is 18.2. The van der Waals surface area contributed by atoms with Crippen LogP contribution in [0.15, 0.2) is 60.4 Å². The molecule has 0 aromatic carbocycles. The molecule has 0 saturated carbocycles. The van der Waals surface area contributed by atoms with E-state index in [1.165, 1.54) is 16.1 Å². The van der Waals surface area contributed by atoms with Crippen molar-refractivity contribution in [1.82, 2.24) is 14.5 Å². The standard InChI is InChI=1S/C19H21N3OS/c1-3-17-11-21(14-19-4-2-10-24-19)12-18(13-22(17)9-1)23-15-16-5-7-20-8-6-16/h1-10,18H,11-15H2. The number of pyridine rings is 1. The minimum Gasteiger partial charge on any atom is -0.370 e. The molecule has 1 aliphatic heterocycles. The Kier molecular flexibility index (Phi) is 4.74. The predicted octanol–water partition coefficient (Wildman–Crippen LogP) is 3.55. The Hall–Kier alpha value is -1.95. The summed E-state index contributed by atoms with van der Waals surface area (Å²) in [4.78, 5) is 7.96. The van der Waals surface area contributed by atoms with E-state index in [0.717, 1.165) is 26.2 Å². The molecule has 0 aliphatic carbocycles. The third-order valence-corrected chi connectivity index (χ3v) is 5.23. The van der Waals surface area contributed by atoms with Crippen LogP contribution < -0.4 is 0 Å². The van der Waals surface area contributed by atoms with E-state index in [4.69, 9.17) is 4.74 Å². The molecule has 0 bridgehead atoms. The molecular weight excluding hydrogens is 318 g/mol. The van der Waals surface area contributed by atoms with Crippen LogP contribution in [0.5, 0.6) is 0 Å². The van der Waals surface area contributed by atoms with Gasteiger partial charge in [0.1, 0.15) is 0 Å². The molecule has 0 radical (unpaired) electrons. The molecule has 0 spiro atoms. The minimum atomic E-state index is 0.187. The molecule has 3 aromatic rings. The number of hydrogen-bond acceptors (Lipinski definition) is 4. The van der Waals surface area contributed by atoms with E-state index in [1.54, 1.807) is 0 Å². The van der Waals surface area contributed by atoms with Gasteiger partial charge in [-0.25, -0.2) is 0 Å². The first-order valence-corrected chi connectivity index (χ1v) is 9.14. The van der Waals surface area contributed by atoms with Crippen molar-refractivity contribution in [3.8, 4) is 0 Å². The number of ether oxygens (including phenoxy) is 1. The predicted molar refractivity (Wildman–Crippen MR) is 95.7 cm³/mol. The van der Waals surface area contributed by atoms with E-state index < -0.39 is 0 Å². The lowest BCUT2D eigenvalue weighted by Gasteiger charge is -2.23. The number of hydrogen-bond donors (Lipinski definition) is 0. The van der Waals surface area contributed by atoms with Crippen molar-refractivity contribution < 1.29 is 4.74 Å². The van der Waals surface area contributed by atoms with Gasteiger partial charge in [0.05, 0.1) is 12.7 Å². The van der Waals surface area contributed by atoms with E-state index >= 15 is 0 Å². The quantitative estimate of drug-likeness (QED) is 0.712. The van der Waals surface area contributed by atoms with Crippen LogP contribution >= 0.6 is 11.3 Å². The van der Waals surface area contributed by atoms with Crippen LogP contribution in [0.2, 0.25) is 0 Å². The molecule has 0 N–H and O–H groups in total. The van der Waals surface area contributed by atoms with Gasteiger partial charge in [-0.05, 0) is 41.3 Å². The second-order valence-corrected chi connectivity index (χ2v) is 7.22. The monoisotopic (exact) mass is 339 g/mol. The van der Waals surface area contributed by atoms with Crippen LogP contribution in [0.1, 0.15) is 16.1 Å². The molecule has 0 fully saturated rings. The zero-order valence-corrected chi connectivity index (χ0v) is 14.4. The molecule has 3 aromatic heterocycles. The Bertz CT molecular complexity index is 754. The highest BCUT2D eigenvalue weighted by Crippen LogP contribution is 2.20. The Labute approximate surface area is 146 Å². The van der Waals surface area contributed by atoms with Gasteiger partial charge in [-0.3, -0.25) is 9.88 Å². The average Bonchev–Trinajstić information content (AvgIpc) is 3.23. The minimum absolute atomic E-state index is 0.187. The summed E-state index contributed by atoms with van der Waals surface area (Å²) >= 11 is 1.82. The van der Waals surface area contributed by atoms with Crippen LogP contribution in [0.3, 0.4) is 0 Å². The Balaban J connectivity index is 1.46. The van der Waals surface area contributed by atoms with E-state index in [2.05, 4.69) is 50.3 Å². The van der Waals surface area contributed by atoms with Crippen LogP contribution in [0.25, 0.3) is 0 Å². The fraction of sp³-hybridized carbons (Fsp3) is 0.316. The summed E-state index contributed by atoms with van der Waals surface area (Å²) in [6.45, 7) is 4.45. The van der Waals surface area contributed by atoms with E-state index in [1.807, 2.05) is 35.9 Å². The smallest absolute Gasteiger partial charge is 0.0885 e. The van der Waals surface area contributed by atoms with E-state index in [-0.39, 0.29) is 6.10 Å². The van der Waals surface area contributed by atoms with Gasteiger partial charge in [0.25, 0.3) is 0 Å². The fourth-order valence-electron chi connectivity index (χ4n) is 3.17. The molecule has 4 heterocycles. The molecule has 1 atom stereocenters. The number of rotatable bonds is 5. The van der Waals surface area contributed by atoms with Crippen LogP contribution in [-0.2, 0) is 31.0 Å². The van der Waals surface area contributed by atoms with Crippen molar-refractivity contribution in [2.24, 2.45) is 0 Å². The van der Waals surface area contributed by atoms with Gasteiger partial charge in [-0.1, -0.05) is 6.07 Å². The average molecular weight is 339 g/mol. The lowest BCUT2D eigenvalue weighted by atomic mass is 10.2. The van der Waals surface area contributed by atoms with Gasteiger partial charge >= 0.3 is 0 Å². The topological polar surface area (TPSA) is 30.3 Å². The lowest BCUT2D eigenvalue weighted by Crippen LogP contribution is -2.32. The van der Waals surface area contributed by atoms with Crippen molar-refractivity contribution in [2.45, 2.75) is 32.3 Å². The number of thiophene rings is 1. The lowest BCUT2D eigenvalue weighted by molar-refractivity contribution is 0.00884. The SMILES string of the molecule is c1csc(CN2Cc3cccn3CC(OCc3ccncc3)C2)c1. The summed E-state index contributed by atoms with van der Waals surface area (Å²) in [6, 6.07) is 12.7. The fourth-order valence-corrected chi connectivity index (χ4v) is 3.92. The first kappa shape index (κ1) is 15.6. The maximum atomic E-state index is 6.24. The molecule has 1 aliphatic rings. The molecule has 0 saturated heterocycles. The molecule has 4 rings (SSSR count). The highest BCUT2D eigenvalue weighted by Gasteiger charge is 2.22. The summed E-state index contributed by atoms with van der Waals surface area (Å²) in [5, 5.41) is 2.15. The third kappa shape index (κ3) is 3.75. The van der Waals surface area contributed by atoms with E-state index in [0.29, 0.717) is 6.61 Å². The second kappa shape index (κ2) is 7.30. The molecule has 4 nitrogen and oxygen atoms in total. The first-order chi connectivity index (χ1) is 11.9. The number of nitrogens with zero attached hydrogens (tertiary/aromatic N) is 3. The van der Waals surface area contributed by atoms with Gasteiger partial charge in [0.2, 0.25) is 0 Å². The molecule has 5 heteroatoms. The van der Waals surface area contributed by atoms with Crippen molar-refractivity contribution in [3.05, 3.63) is 76.5 Å². The summed E-state index contributed by atoms with van der Waals surface area (Å²) < 4.78 is 8.56. The molecule has 1 unspecified atom stereocenters. The van der Waals surface area contributed by atoms with Crippen LogP contribution in [-0.4, -0.2) is 27.1 Å². The summed E-state index contributed by atoms with van der Waals surface area (Å²) in [6.07, 6.45) is 5.98. The molecule has 0 amide bonds. The zero-order chi connectivity index (χ0) is 16.2. The Morgan fingerprint density at radius 1 is 1.12 bits per heavy atom. The van der Waals surface area contributed by atoms with Crippen molar-refractivity contribution in [2.75, 3.05) is 6.54 Å². The van der Waals surface area contributed by atoms with Crippen LogP contribution in [0.4, 0.5) is 0 Å².